The van der Waals surface area contributed by atoms with Gasteiger partial charge in [0.2, 0.25) is 5.91 Å². The largest absolute Gasteiger partial charge is 0.455 e. The van der Waals surface area contributed by atoms with E-state index in [2.05, 4.69) is 10.9 Å². The van der Waals surface area contributed by atoms with Gasteiger partial charge in [-0.1, -0.05) is 54.6 Å². The van der Waals surface area contributed by atoms with Gasteiger partial charge in [-0.2, -0.15) is 0 Å². The quantitative estimate of drug-likeness (QED) is 0.476. The van der Waals surface area contributed by atoms with Gasteiger partial charge in [0.05, 0.1) is 11.6 Å². The highest BCUT2D eigenvalue weighted by Gasteiger charge is 2.36. The first kappa shape index (κ1) is 21.0. The number of carbonyl (C=O) groups is 4. The van der Waals surface area contributed by atoms with Crippen LogP contribution in [0.15, 0.2) is 72.8 Å². The van der Waals surface area contributed by atoms with Crippen LogP contribution in [-0.4, -0.2) is 36.8 Å². The third-order valence-corrected chi connectivity index (χ3v) is 5.21. The molecule has 3 amide bonds. The average Bonchev–Trinajstić information content (AvgIpc) is 3.22. The molecule has 0 radical (unpaired) electrons. The normalized spacial score (nSPS) is 15.4. The maximum atomic E-state index is 12.6. The molecule has 1 heterocycles. The highest BCUT2D eigenvalue weighted by atomic mass is 16.5. The highest BCUT2D eigenvalue weighted by Crippen LogP contribution is 2.32. The van der Waals surface area contributed by atoms with Crippen LogP contribution in [0.3, 0.4) is 0 Å². The number of anilines is 1. The van der Waals surface area contributed by atoms with Gasteiger partial charge in [0.25, 0.3) is 11.8 Å². The molecule has 0 spiro atoms. The summed E-state index contributed by atoms with van der Waals surface area (Å²) in [6, 6.07) is 21.7. The lowest BCUT2D eigenvalue weighted by molar-refractivity contribution is -0.152. The molecule has 1 aliphatic heterocycles. The zero-order valence-corrected chi connectivity index (χ0v) is 17.1. The van der Waals surface area contributed by atoms with Crippen molar-refractivity contribution in [2.75, 3.05) is 18.1 Å². The molecule has 2 N–H and O–H groups in total. The van der Waals surface area contributed by atoms with E-state index in [4.69, 9.17) is 4.74 Å². The minimum Gasteiger partial charge on any atom is -0.455 e. The van der Waals surface area contributed by atoms with Crippen molar-refractivity contribution in [3.8, 4) is 0 Å². The predicted octanol–water partition coefficient (Wildman–Crippen LogP) is 2.20. The van der Waals surface area contributed by atoms with E-state index in [1.54, 1.807) is 35.2 Å². The number of hydrogen-bond donors (Lipinski definition) is 2. The zero-order valence-electron chi connectivity index (χ0n) is 17.1. The lowest BCUT2D eigenvalue weighted by atomic mass is 10.1. The van der Waals surface area contributed by atoms with Crippen molar-refractivity contribution >= 4 is 40.2 Å². The number of hydrogen-bond acceptors (Lipinski definition) is 5. The van der Waals surface area contributed by atoms with Crippen LogP contribution >= 0.6 is 0 Å². The monoisotopic (exact) mass is 431 g/mol. The van der Waals surface area contributed by atoms with Gasteiger partial charge in [-0.3, -0.25) is 30.0 Å². The first-order valence-corrected chi connectivity index (χ1v) is 10.1. The lowest BCUT2D eigenvalue weighted by Crippen LogP contribution is -2.43. The van der Waals surface area contributed by atoms with Crippen molar-refractivity contribution in [2.24, 2.45) is 5.92 Å². The second-order valence-corrected chi connectivity index (χ2v) is 7.38. The summed E-state index contributed by atoms with van der Waals surface area (Å²) in [6.45, 7) is -0.384. The van der Waals surface area contributed by atoms with Gasteiger partial charge in [0, 0.05) is 23.9 Å². The van der Waals surface area contributed by atoms with Gasteiger partial charge >= 0.3 is 5.97 Å². The molecule has 3 aromatic carbocycles. The van der Waals surface area contributed by atoms with Crippen molar-refractivity contribution in [2.45, 2.75) is 6.42 Å². The molecule has 0 aromatic heterocycles. The summed E-state index contributed by atoms with van der Waals surface area (Å²) in [5.74, 6) is -2.66. The number of ether oxygens (including phenoxy) is 1. The number of rotatable bonds is 5. The number of benzene rings is 3. The fourth-order valence-corrected chi connectivity index (χ4v) is 3.62. The summed E-state index contributed by atoms with van der Waals surface area (Å²) < 4.78 is 5.06. The summed E-state index contributed by atoms with van der Waals surface area (Å²) in [5, 5.41) is 1.92. The maximum Gasteiger partial charge on any atom is 0.311 e. The summed E-state index contributed by atoms with van der Waals surface area (Å²) >= 11 is 0. The molecule has 0 aliphatic carbocycles. The Labute approximate surface area is 184 Å². The summed E-state index contributed by atoms with van der Waals surface area (Å²) in [6.07, 6.45) is 0.00835. The Morgan fingerprint density at radius 2 is 1.62 bits per heavy atom. The van der Waals surface area contributed by atoms with Crippen molar-refractivity contribution in [1.82, 2.24) is 10.9 Å². The van der Waals surface area contributed by atoms with Crippen LogP contribution in [0.25, 0.3) is 10.8 Å². The van der Waals surface area contributed by atoms with E-state index in [1.165, 1.54) is 0 Å². The molecule has 1 atom stereocenters. The predicted molar refractivity (Wildman–Crippen MR) is 117 cm³/mol. The average molecular weight is 431 g/mol. The number of amides is 3. The number of fused-ring (bicyclic) bond motifs is 1. The van der Waals surface area contributed by atoms with Crippen molar-refractivity contribution < 1.29 is 23.9 Å². The van der Waals surface area contributed by atoms with E-state index < -0.39 is 30.3 Å². The molecule has 8 nitrogen and oxygen atoms in total. The molecule has 0 bridgehead atoms. The van der Waals surface area contributed by atoms with Gasteiger partial charge in [0.15, 0.2) is 6.61 Å². The van der Waals surface area contributed by atoms with Gasteiger partial charge in [-0.25, -0.2) is 0 Å². The smallest absolute Gasteiger partial charge is 0.311 e. The minimum atomic E-state index is -0.683. The van der Waals surface area contributed by atoms with Crippen LogP contribution < -0.4 is 15.8 Å². The third-order valence-electron chi connectivity index (χ3n) is 5.21. The molecule has 162 valence electrons. The molecular weight excluding hydrogens is 410 g/mol. The Kier molecular flexibility index (Phi) is 6.12. The Hall–Kier alpha value is -4.20. The Balaban J connectivity index is 1.30. The molecule has 4 rings (SSSR count). The van der Waals surface area contributed by atoms with Gasteiger partial charge in [-0.15, -0.1) is 0 Å². The summed E-state index contributed by atoms with van der Waals surface area (Å²) in [7, 11) is 0. The Morgan fingerprint density at radius 1 is 0.906 bits per heavy atom. The van der Waals surface area contributed by atoms with Gasteiger partial charge in [-0.05, 0) is 23.6 Å². The van der Waals surface area contributed by atoms with Crippen molar-refractivity contribution in [1.29, 1.82) is 0 Å². The van der Waals surface area contributed by atoms with E-state index in [1.807, 2.05) is 42.5 Å². The minimum absolute atomic E-state index is 0.00835. The standard InChI is InChI=1S/C24H21N3O5/c28-21(25-26-23(30)17-8-2-1-3-9-17)15-32-24(31)18-13-22(29)27(14-18)20-12-6-10-16-7-4-5-11-19(16)20/h1-12,18H,13-15H2,(H,25,28)(H,26,30)/t18-/m0/s1. The third kappa shape index (κ3) is 4.59. The molecule has 0 saturated carbocycles. The molecule has 1 fully saturated rings. The number of hydrazine groups is 1. The highest BCUT2D eigenvalue weighted by molar-refractivity contribution is 6.06. The second kappa shape index (κ2) is 9.30. The van der Waals surface area contributed by atoms with Crippen LogP contribution in [0.5, 0.6) is 0 Å². The SMILES string of the molecule is O=C(COC(=O)[C@H]1CC(=O)N(c2cccc3ccccc23)C1)NNC(=O)c1ccccc1. The second-order valence-electron chi connectivity index (χ2n) is 7.38. The number of nitrogens with zero attached hydrogens (tertiary/aromatic N) is 1. The molecule has 1 saturated heterocycles. The fraction of sp³-hybridized carbons (Fsp3) is 0.167. The maximum absolute atomic E-state index is 12.6. The molecular formula is C24H21N3O5. The molecule has 1 aliphatic rings. The molecule has 32 heavy (non-hydrogen) atoms. The molecule has 0 unspecified atom stereocenters. The van der Waals surface area contributed by atoms with Crippen LogP contribution in [-0.2, 0) is 19.1 Å². The van der Waals surface area contributed by atoms with E-state index in [-0.39, 0.29) is 18.9 Å². The molecule has 8 heteroatoms. The van der Waals surface area contributed by atoms with Gasteiger partial charge in [0.1, 0.15) is 0 Å². The van der Waals surface area contributed by atoms with E-state index >= 15 is 0 Å². The van der Waals surface area contributed by atoms with Crippen molar-refractivity contribution in [3.63, 3.8) is 0 Å². The van der Waals surface area contributed by atoms with Crippen LogP contribution in [0.2, 0.25) is 0 Å². The lowest BCUT2D eigenvalue weighted by Gasteiger charge is -2.18. The zero-order chi connectivity index (χ0) is 22.5. The van der Waals surface area contributed by atoms with E-state index in [9.17, 15) is 19.2 Å². The van der Waals surface area contributed by atoms with Crippen molar-refractivity contribution in [3.05, 3.63) is 78.4 Å². The first-order valence-electron chi connectivity index (χ1n) is 10.1. The summed E-state index contributed by atoms with van der Waals surface area (Å²) in [4.78, 5) is 50.4. The van der Waals surface area contributed by atoms with Crippen LogP contribution in [0.4, 0.5) is 5.69 Å². The Morgan fingerprint density at radius 3 is 2.44 bits per heavy atom. The topological polar surface area (TPSA) is 105 Å². The fourth-order valence-electron chi connectivity index (χ4n) is 3.62. The van der Waals surface area contributed by atoms with E-state index in [0.717, 1.165) is 16.5 Å². The number of carbonyl (C=O) groups excluding carboxylic acids is 4. The summed E-state index contributed by atoms with van der Waals surface area (Å²) in [5.41, 5.74) is 5.57. The first-order chi connectivity index (χ1) is 15.5. The van der Waals surface area contributed by atoms with Crippen LogP contribution in [0, 0.1) is 5.92 Å². The number of esters is 1. The van der Waals surface area contributed by atoms with E-state index in [0.29, 0.717) is 5.56 Å². The van der Waals surface area contributed by atoms with Crippen LogP contribution in [0.1, 0.15) is 16.8 Å². The molecule has 3 aromatic rings. The number of nitrogens with one attached hydrogen (secondary N) is 2. The van der Waals surface area contributed by atoms with Gasteiger partial charge < -0.3 is 9.64 Å². The Bertz CT molecular complexity index is 1170.